The first kappa shape index (κ1) is 13.4. The van der Waals surface area contributed by atoms with Crippen LogP contribution < -0.4 is 9.80 Å². The van der Waals surface area contributed by atoms with Gasteiger partial charge in [-0.1, -0.05) is 24.3 Å². The third kappa shape index (κ3) is 1.45. The first-order chi connectivity index (χ1) is 11.6. The maximum Gasteiger partial charge on any atom is 0.251 e. The second-order valence-corrected chi connectivity index (χ2v) is 6.43. The van der Waals surface area contributed by atoms with E-state index in [0.29, 0.717) is 24.2 Å². The van der Waals surface area contributed by atoms with Crippen molar-refractivity contribution in [2.45, 2.75) is 24.9 Å². The quantitative estimate of drug-likeness (QED) is 0.767. The minimum atomic E-state index is -0.664. The molecule has 0 radical (unpaired) electrons. The van der Waals surface area contributed by atoms with Gasteiger partial charge in [0.1, 0.15) is 23.6 Å². The van der Waals surface area contributed by atoms with Gasteiger partial charge in [-0.05, 0) is 23.3 Å². The van der Waals surface area contributed by atoms with Gasteiger partial charge in [-0.2, -0.15) is 0 Å². The highest BCUT2D eigenvalue weighted by Gasteiger charge is 2.54. The number of fused-ring (bicyclic) bond motifs is 6. The lowest BCUT2D eigenvalue weighted by atomic mass is 10.0. The summed E-state index contributed by atoms with van der Waals surface area (Å²) in [4.78, 5) is 29.0. The fourth-order valence-electron chi connectivity index (χ4n) is 4.20. The first-order valence-corrected chi connectivity index (χ1v) is 7.86. The van der Waals surface area contributed by atoms with Gasteiger partial charge in [0, 0.05) is 12.8 Å². The molecule has 24 heavy (non-hydrogen) atoms. The van der Waals surface area contributed by atoms with Gasteiger partial charge in [0.15, 0.2) is 0 Å². The van der Waals surface area contributed by atoms with Crippen LogP contribution in [-0.4, -0.2) is 34.1 Å². The molecule has 0 unspecified atom stereocenters. The number of hydrogen-bond donors (Lipinski definition) is 2. The Labute approximate surface area is 137 Å². The van der Waals surface area contributed by atoms with E-state index in [1.165, 1.54) is 21.9 Å². The SMILES string of the molecule is O=C1[C@@H]2Cc3cccc(O)c3N2C(=O)[C@H]2Cc3cccc(O)c3N12. The molecular weight excluding hydrogens is 308 g/mol. The van der Waals surface area contributed by atoms with Crippen LogP contribution in [0.4, 0.5) is 11.4 Å². The van der Waals surface area contributed by atoms with Crippen molar-refractivity contribution < 1.29 is 19.8 Å². The number of hydrogen-bond acceptors (Lipinski definition) is 4. The molecule has 0 saturated carbocycles. The minimum absolute atomic E-state index is 0.0166. The highest BCUT2D eigenvalue weighted by atomic mass is 16.3. The zero-order valence-electron chi connectivity index (χ0n) is 12.6. The van der Waals surface area contributed by atoms with Crippen LogP contribution in [0.1, 0.15) is 11.1 Å². The summed E-state index contributed by atoms with van der Waals surface area (Å²) in [5, 5.41) is 20.3. The van der Waals surface area contributed by atoms with Crippen LogP contribution in [0.5, 0.6) is 11.5 Å². The molecule has 2 aromatic carbocycles. The van der Waals surface area contributed by atoms with E-state index in [9.17, 15) is 19.8 Å². The van der Waals surface area contributed by atoms with Crippen molar-refractivity contribution in [3.05, 3.63) is 47.5 Å². The summed E-state index contributed by atoms with van der Waals surface area (Å²) in [6.07, 6.45) is 0.751. The van der Waals surface area contributed by atoms with E-state index in [1.54, 1.807) is 12.1 Å². The second kappa shape index (κ2) is 4.29. The van der Waals surface area contributed by atoms with E-state index in [-0.39, 0.29) is 23.3 Å². The number of anilines is 2. The second-order valence-electron chi connectivity index (χ2n) is 6.43. The van der Waals surface area contributed by atoms with E-state index in [0.717, 1.165) is 11.1 Å². The Morgan fingerprint density at radius 3 is 1.58 bits per heavy atom. The molecule has 3 aliphatic rings. The summed E-state index contributed by atoms with van der Waals surface area (Å²) in [5.41, 5.74) is 2.47. The Morgan fingerprint density at radius 1 is 0.750 bits per heavy atom. The molecule has 1 saturated heterocycles. The van der Waals surface area contributed by atoms with Crippen molar-refractivity contribution in [3.8, 4) is 11.5 Å². The van der Waals surface area contributed by atoms with Crippen molar-refractivity contribution >= 4 is 23.2 Å². The molecule has 1 fully saturated rings. The number of rotatable bonds is 0. The Balaban J connectivity index is 1.67. The van der Waals surface area contributed by atoms with Gasteiger partial charge in [-0.25, -0.2) is 0 Å². The Kier molecular flexibility index (Phi) is 2.40. The van der Waals surface area contributed by atoms with E-state index in [1.807, 2.05) is 12.1 Å². The molecular formula is C18H14N2O4. The average molecular weight is 322 g/mol. The van der Waals surface area contributed by atoms with E-state index in [2.05, 4.69) is 0 Å². The van der Waals surface area contributed by atoms with Crippen molar-refractivity contribution in [3.63, 3.8) is 0 Å². The Morgan fingerprint density at radius 2 is 1.17 bits per heavy atom. The zero-order valence-corrected chi connectivity index (χ0v) is 12.6. The normalized spacial score (nSPS) is 23.8. The van der Waals surface area contributed by atoms with E-state index < -0.39 is 12.1 Å². The van der Waals surface area contributed by atoms with Gasteiger partial charge in [-0.3, -0.25) is 19.4 Å². The number of amides is 2. The minimum Gasteiger partial charge on any atom is -0.506 e. The molecule has 5 rings (SSSR count). The predicted molar refractivity (Wildman–Crippen MR) is 86.2 cm³/mol. The topological polar surface area (TPSA) is 81.1 Å². The highest BCUT2D eigenvalue weighted by Crippen LogP contribution is 2.47. The highest BCUT2D eigenvalue weighted by molar-refractivity contribution is 6.19. The third-order valence-electron chi connectivity index (χ3n) is 5.17. The molecule has 2 aromatic rings. The molecule has 0 spiro atoms. The Bertz CT molecular complexity index is 848. The lowest BCUT2D eigenvalue weighted by Gasteiger charge is -2.39. The van der Waals surface area contributed by atoms with Gasteiger partial charge >= 0.3 is 0 Å². The van der Waals surface area contributed by atoms with Crippen LogP contribution in [0.2, 0.25) is 0 Å². The molecule has 2 N–H and O–H groups in total. The molecule has 0 aromatic heterocycles. The van der Waals surface area contributed by atoms with Crippen molar-refractivity contribution in [2.24, 2.45) is 0 Å². The molecule has 3 aliphatic heterocycles. The third-order valence-corrected chi connectivity index (χ3v) is 5.17. The molecule has 2 atom stereocenters. The molecule has 3 heterocycles. The molecule has 120 valence electrons. The summed E-state index contributed by atoms with van der Waals surface area (Å²) in [7, 11) is 0. The lowest BCUT2D eigenvalue weighted by Crippen LogP contribution is -2.63. The molecule has 6 nitrogen and oxygen atoms in total. The zero-order chi connectivity index (χ0) is 16.6. The summed E-state index contributed by atoms with van der Waals surface area (Å²) in [5.74, 6) is -0.392. The molecule has 2 amide bonds. The van der Waals surface area contributed by atoms with Gasteiger partial charge < -0.3 is 10.2 Å². The molecule has 0 bridgehead atoms. The van der Waals surface area contributed by atoms with Crippen molar-refractivity contribution in [1.82, 2.24) is 0 Å². The van der Waals surface area contributed by atoms with Crippen molar-refractivity contribution in [2.75, 3.05) is 9.80 Å². The summed E-state index contributed by atoms with van der Waals surface area (Å²) >= 11 is 0. The molecule has 6 heteroatoms. The smallest absolute Gasteiger partial charge is 0.251 e. The number of phenols is 2. The van der Waals surface area contributed by atoms with Crippen LogP contribution >= 0.6 is 0 Å². The molecule has 0 aliphatic carbocycles. The first-order valence-electron chi connectivity index (χ1n) is 7.86. The average Bonchev–Trinajstić information content (AvgIpc) is 3.13. The Hall–Kier alpha value is -3.02. The number of carbonyl (C=O) groups is 2. The maximum absolute atomic E-state index is 13.1. The van der Waals surface area contributed by atoms with Gasteiger partial charge in [0.2, 0.25) is 0 Å². The van der Waals surface area contributed by atoms with Gasteiger partial charge in [0.25, 0.3) is 11.8 Å². The van der Waals surface area contributed by atoms with E-state index in [4.69, 9.17) is 0 Å². The monoisotopic (exact) mass is 322 g/mol. The summed E-state index contributed by atoms with van der Waals surface area (Å²) in [6.45, 7) is 0. The predicted octanol–water partition coefficient (Wildman–Crippen LogP) is 1.33. The fourth-order valence-corrected chi connectivity index (χ4v) is 4.20. The van der Waals surface area contributed by atoms with Crippen LogP contribution in [0.3, 0.4) is 0 Å². The van der Waals surface area contributed by atoms with Crippen LogP contribution in [0, 0.1) is 0 Å². The number of piperazine rings is 1. The number of benzene rings is 2. The largest absolute Gasteiger partial charge is 0.506 e. The maximum atomic E-state index is 13.1. The number of phenolic OH excluding ortho intramolecular Hbond substituents is 2. The number of nitrogens with zero attached hydrogens (tertiary/aromatic N) is 2. The van der Waals surface area contributed by atoms with Crippen LogP contribution in [0.25, 0.3) is 0 Å². The summed E-state index contributed by atoms with van der Waals surface area (Å²) in [6, 6.07) is 8.80. The summed E-state index contributed by atoms with van der Waals surface area (Å²) < 4.78 is 0. The lowest BCUT2D eigenvalue weighted by molar-refractivity contribution is -0.130. The van der Waals surface area contributed by atoms with Crippen molar-refractivity contribution in [1.29, 1.82) is 0 Å². The fraction of sp³-hybridized carbons (Fsp3) is 0.222. The number of para-hydroxylation sites is 2. The van der Waals surface area contributed by atoms with E-state index >= 15 is 0 Å². The van der Waals surface area contributed by atoms with Crippen LogP contribution in [0.15, 0.2) is 36.4 Å². The number of carbonyl (C=O) groups excluding carboxylic acids is 2. The number of aromatic hydroxyl groups is 2. The van der Waals surface area contributed by atoms with Gasteiger partial charge in [-0.15, -0.1) is 0 Å². The van der Waals surface area contributed by atoms with Crippen LogP contribution in [-0.2, 0) is 22.4 Å². The standard InChI is InChI=1S/C18H14N2O4/c21-13-5-1-3-9-7-11-17(23)20-12(18(24)19(11)15(9)13)8-10-4-2-6-14(22)16(10)20/h1-6,11-12,21-22H,7-8H2/t11-,12+. The van der Waals surface area contributed by atoms with Gasteiger partial charge in [0.05, 0.1) is 11.4 Å².